The van der Waals surface area contributed by atoms with Crippen LogP contribution in [0.1, 0.15) is 399 Å². The number of nitrogens with one attached hydrogen (secondary N) is 1. The van der Waals surface area contributed by atoms with E-state index in [1.165, 1.54) is 302 Å². The molecule has 0 saturated heterocycles. The van der Waals surface area contributed by atoms with E-state index in [4.69, 9.17) is 0 Å². The molecule has 1 amide bonds. The molecule has 490 valence electrons. The van der Waals surface area contributed by atoms with Crippen molar-refractivity contribution in [3.05, 3.63) is 85.1 Å². The summed E-state index contributed by atoms with van der Waals surface area (Å²) in [7, 11) is 0. The predicted molar refractivity (Wildman–Crippen MR) is 377 cm³/mol. The summed E-state index contributed by atoms with van der Waals surface area (Å²) in [4.78, 5) is 12.6. The van der Waals surface area contributed by atoms with Gasteiger partial charge in [-0.1, -0.05) is 407 Å². The highest BCUT2D eigenvalue weighted by Crippen LogP contribution is 2.19. The van der Waals surface area contributed by atoms with Crippen molar-refractivity contribution in [3.8, 4) is 0 Å². The van der Waals surface area contributed by atoms with Gasteiger partial charge in [0.05, 0.1) is 18.8 Å². The van der Waals surface area contributed by atoms with Gasteiger partial charge in [-0.25, -0.2) is 0 Å². The SMILES string of the molecule is CC/C=C\C/C=C\C/C=C\C/C=C\C/C=C\C/C=C\C/C=C\CCCCCCCCCCCCCCCCCCCCCC(=O)NC(CO)C(O)CCCCCCCCCCCCCCCCCCCCCCCCCCCCCCCCC. The lowest BCUT2D eigenvalue weighted by molar-refractivity contribution is -0.123. The molecule has 2 unspecified atom stereocenters. The number of rotatable bonds is 70. The first-order valence-corrected chi connectivity index (χ1v) is 37.8. The second-order valence-electron chi connectivity index (χ2n) is 25.7. The van der Waals surface area contributed by atoms with Crippen LogP contribution in [0.25, 0.3) is 0 Å². The maximum atomic E-state index is 12.6. The van der Waals surface area contributed by atoms with Crippen LogP contribution < -0.4 is 5.32 Å². The lowest BCUT2D eigenvalue weighted by Gasteiger charge is -2.22. The molecule has 3 N–H and O–H groups in total. The van der Waals surface area contributed by atoms with Crippen LogP contribution >= 0.6 is 0 Å². The molecule has 0 fully saturated rings. The van der Waals surface area contributed by atoms with Gasteiger partial charge in [-0.15, -0.1) is 0 Å². The summed E-state index contributed by atoms with van der Waals surface area (Å²) < 4.78 is 0. The van der Waals surface area contributed by atoms with Crippen molar-refractivity contribution >= 4 is 5.91 Å². The highest BCUT2D eigenvalue weighted by atomic mass is 16.3. The lowest BCUT2D eigenvalue weighted by atomic mass is 10.0. The summed E-state index contributed by atoms with van der Waals surface area (Å²) >= 11 is 0. The van der Waals surface area contributed by atoms with E-state index in [9.17, 15) is 15.0 Å². The van der Waals surface area contributed by atoms with Crippen molar-refractivity contribution in [2.75, 3.05) is 6.61 Å². The average molecular weight is 1170 g/mol. The second kappa shape index (κ2) is 74.8. The highest BCUT2D eigenvalue weighted by molar-refractivity contribution is 5.76. The standard InChI is InChI=1S/C80H147NO3/c1-3-5-7-9-11-13-15-17-19-21-23-25-27-29-31-33-35-36-37-38-39-40-41-42-43-44-46-48-50-52-54-56-58-60-62-64-66-68-70-72-74-76-80(84)81-78(77-82)79(83)75-73-71-69-67-65-63-61-59-57-55-53-51-49-47-45-34-32-30-28-26-24-22-20-18-16-14-12-10-8-6-4-2/h5,7,11,13,17,19,23,25,29,31,35-36,38-39,78-79,82-83H,3-4,6,8-10,12,14-16,18,20-22,24,26-28,30,32-34,37,40-77H2,1-2H3,(H,81,84)/b7-5-,13-11-,19-17-,25-23-,31-29-,36-35-,39-38-. The van der Waals surface area contributed by atoms with E-state index < -0.39 is 12.1 Å². The Labute approximate surface area is 526 Å². The number of aliphatic hydroxyl groups excluding tert-OH is 2. The number of carbonyl (C=O) groups excluding carboxylic acids is 1. The number of aliphatic hydroxyl groups is 2. The smallest absolute Gasteiger partial charge is 0.220 e. The van der Waals surface area contributed by atoms with Crippen molar-refractivity contribution in [3.63, 3.8) is 0 Å². The number of carbonyl (C=O) groups is 1. The van der Waals surface area contributed by atoms with E-state index in [1.807, 2.05) is 0 Å². The van der Waals surface area contributed by atoms with Crippen LogP contribution in [-0.4, -0.2) is 34.9 Å². The lowest BCUT2D eigenvalue weighted by Crippen LogP contribution is -2.45. The summed E-state index contributed by atoms with van der Waals surface area (Å²) in [6.45, 7) is 4.28. The number of amides is 1. The van der Waals surface area contributed by atoms with Crippen LogP contribution in [0.2, 0.25) is 0 Å². The Balaban J connectivity index is 3.42. The van der Waals surface area contributed by atoms with E-state index in [2.05, 4.69) is 104 Å². The van der Waals surface area contributed by atoms with Crippen LogP contribution in [0, 0.1) is 0 Å². The second-order valence-corrected chi connectivity index (χ2v) is 25.7. The third-order valence-electron chi connectivity index (χ3n) is 17.4. The molecule has 2 atom stereocenters. The van der Waals surface area contributed by atoms with Crippen LogP contribution in [0.4, 0.5) is 0 Å². The Hall–Kier alpha value is -2.43. The molecule has 0 aliphatic carbocycles. The molecular weight excluding hydrogens is 1020 g/mol. The summed E-state index contributed by atoms with van der Waals surface area (Å²) in [5, 5.41) is 23.5. The summed E-state index contributed by atoms with van der Waals surface area (Å²) in [6.07, 6.45) is 110. The van der Waals surface area contributed by atoms with Gasteiger partial charge in [-0.2, -0.15) is 0 Å². The Bertz CT molecular complexity index is 1470. The first-order chi connectivity index (χ1) is 41.7. The average Bonchev–Trinajstić information content (AvgIpc) is 3.51. The largest absolute Gasteiger partial charge is 0.394 e. The van der Waals surface area contributed by atoms with E-state index in [-0.39, 0.29) is 12.5 Å². The van der Waals surface area contributed by atoms with E-state index in [1.54, 1.807) is 0 Å². The molecule has 0 aromatic rings. The van der Waals surface area contributed by atoms with Gasteiger partial charge in [-0.05, 0) is 70.6 Å². The molecule has 84 heavy (non-hydrogen) atoms. The molecule has 0 rings (SSSR count). The third-order valence-corrected chi connectivity index (χ3v) is 17.4. The molecule has 0 aromatic carbocycles. The van der Waals surface area contributed by atoms with Gasteiger partial charge in [0.1, 0.15) is 0 Å². The molecular formula is C80H147NO3. The number of hydrogen-bond acceptors (Lipinski definition) is 3. The van der Waals surface area contributed by atoms with Gasteiger partial charge < -0.3 is 15.5 Å². The van der Waals surface area contributed by atoms with Gasteiger partial charge in [-0.3, -0.25) is 4.79 Å². The summed E-state index contributed by atoms with van der Waals surface area (Å²) in [5.41, 5.74) is 0. The number of hydrogen-bond donors (Lipinski definition) is 3. The quantitative estimate of drug-likeness (QED) is 0.0420. The first-order valence-electron chi connectivity index (χ1n) is 37.8. The Morgan fingerprint density at radius 2 is 0.524 bits per heavy atom. The van der Waals surface area contributed by atoms with Crippen molar-refractivity contribution in [2.45, 2.75) is 411 Å². The van der Waals surface area contributed by atoms with Crippen molar-refractivity contribution in [1.82, 2.24) is 5.32 Å². The zero-order chi connectivity index (χ0) is 60.5. The van der Waals surface area contributed by atoms with E-state index in [0.29, 0.717) is 12.8 Å². The maximum Gasteiger partial charge on any atom is 0.220 e. The molecule has 0 aromatic heterocycles. The molecule has 0 heterocycles. The number of unbranched alkanes of at least 4 members (excludes halogenated alkanes) is 49. The minimum atomic E-state index is -0.663. The molecule has 4 nitrogen and oxygen atoms in total. The Morgan fingerprint density at radius 1 is 0.298 bits per heavy atom. The first kappa shape index (κ1) is 81.6. The summed E-state index contributed by atoms with van der Waals surface area (Å²) in [6, 6.07) is -0.540. The molecule has 0 aliphatic rings. The molecule has 4 heteroatoms. The van der Waals surface area contributed by atoms with Gasteiger partial charge in [0.15, 0.2) is 0 Å². The Kier molecular flexibility index (Phi) is 72.7. The van der Waals surface area contributed by atoms with Gasteiger partial charge in [0.2, 0.25) is 5.91 Å². The van der Waals surface area contributed by atoms with Gasteiger partial charge in [0.25, 0.3) is 0 Å². The molecule has 0 saturated carbocycles. The van der Waals surface area contributed by atoms with Gasteiger partial charge in [0, 0.05) is 6.42 Å². The van der Waals surface area contributed by atoms with Crippen molar-refractivity contribution < 1.29 is 15.0 Å². The van der Waals surface area contributed by atoms with Crippen LogP contribution in [0.5, 0.6) is 0 Å². The monoisotopic (exact) mass is 1170 g/mol. The van der Waals surface area contributed by atoms with Gasteiger partial charge >= 0.3 is 0 Å². The topological polar surface area (TPSA) is 69.6 Å². The molecule has 0 spiro atoms. The van der Waals surface area contributed by atoms with Crippen molar-refractivity contribution in [1.29, 1.82) is 0 Å². The van der Waals surface area contributed by atoms with E-state index in [0.717, 1.165) is 70.6 Å². The van der Waals surface area contributed by atoms with E-state index >= 15 is 0 Å². The molecule has 0 aliphatic heterocycles. The highest BCUT2D eigenvalue weighted by Gasteiger charge is 2.20. The third kappa shape index (κ3) is 70.3. The fourth-order valence-electron chi connectivity index (χ4n) is 11.8. The minimum absolute atomic E-state index is 0.0252. The van der Waals surface area contributed by atoms with Crippen LogP contribution in [0.3, 0.4) is 0 Å². The fourth-order valence-corrected chi connectivity index (χ4v) is 11.8. The normalized spacial score (nSPS) is 13.1. The van der Waals surface area contributed by atoms with Crippen LogP contribution in [0.15, 0.2) is 85.1 Å². The molecule has 0 bridgehead atoms. The maximum absolute atomic E-state index is 12.6. The van der Waals surface area contributed by atoms with Crippen LogP contribution in [-0.2, 0) is 4.79 Å². The summed E-state index contributed by atoms with van der Waals surface area (Å²) in [5.74, 6) is -0.0252. The predicted octanol–water partition coefficient (Wildman–Crippen LogP) is 26.2. The fraction of sp³-hybridized carbons (Fsp3) is 0.812. The minimum Gasteiger partial charge on any atom is -0.394 e. The van der Waals surface area contributed by atoms with Crippen molar-refractivity contribution in [2.24, 2.45) is 0 Å². The Morgan fingerprint density at radius 3 is 0.786 bits per heavy atom. The zero-order valence-electron chi connectivity index (χ0n) is 56.7. The number of allylic oxidation sites excluding steroid dienone is 14. The zero-order valence-corrected chi connectivity index (χ0v) is 56.7. The molecule has 0 radical (unpaired) electrons.